The fraction of sp³-hybridized carbons (Fsp3) is 0.778. The van der Waals surface area contributed by atoms with E-state index in [0.717, 1.165) is 32.7 Å². The molecule has 0 aromatic rings. The van der Waals surface area contributed by atoms with Crippen molar-refractivity contribution in [3.05, 3.63) is 23.3 Å². The molecule has 3 aliphatic rings. The Kier molecular flexibility index (Phi) is 5.50. The van der Waals surface area contributed by atoms with Crippen LogP contribution in [0, 0.1) is 11.8 Å². The molecule has 2 bridgehead atoms. The molecule has 0 N–H and O–H groups in total. The zero-order chi connectivity index (χ0) is 14.5. The maximum atomic E-state index is 5.81. The van der Waals surface area contributed by atoms with Crippen molar-refractivity contribution in [1.29, 1.82) is 0 Å². The van der Waals surface area contributed by atoms with Gasteiger partial charge < -0.3 is 14.2 Å². The second-order valence-corrected chi connectivity index (χ2v) is 6.44. The van der Waals surface area contributed by atoms with Gasteiger partial charge in [0.15, 0.2) is 6.29 Å². The van der Waals surface area contributed by atoms with Crippen LogP contribution in [0.1, 0.15) is 44.9 Å². The van der Waals surface area contributed by atoms with E-state index in [1.807, 2.05) is 0 Å². The number of rotatable bonds is 8. The molecule has 0 spiro atoms. The second-order valence-electron chi connectivity index (χ2n) is 6.44. The van der Waals surface area contributed by atoms with Gasteiger partial charge in [0.1, 0.15) is 0 Å². The lowest BCUT2D eigenvalue weighted by atomic mass is 9.93. The summed E-state index contributed by atoms with van der Waals surface area (Å²) in [5.41, 5.74) is 3.21. The van der Waals surface area contributed by atoms with Crippen LogP contribution in [0.2, 0.25) is 0 Å². The number of unbranched alkanes of at least 4 members (excludes halogenated alkanes) is 1. The molecule has 118 valence electrons. The molecule has 1 fully saturated rings. The Morgan fingerprint density at radius 3 is 2.76 bits per heavy atom. The van der Waals surface area contributed by atoms with Crippen LogP contribution in [0.3, 0.4) is 0 Å². The number of methoxy groups -OCH3 is 1. The summed E-state index contributed by atoms with van der Waals surface area (Å²) >= 11 is 0. The highest BCUT2D eigenvalue weighted by atomic mass is 16.7. The smallest absolute Gasteiger partial charge is 0.157 e. The highest BCUT2D eigenvalue weighted by Crippen LogP contribution is 2.45. The van der Waals surface area contributed by atoms with Gasteiger partial charge in [-0.05, 0) is 56.4 Å². The van der Waals surface area contributed by atoms with Crippen LogP contribution in [-0.4, -0.2) is 33.2 Å². The largest absolute Gasteiger partial charge is 0.380 e. The fourth-order valence-corrected chi connectivity index (χ4v) is 3.87. The first kappa shape index (κ1) is 15.3. The first-order valence-electron chi connectivity index (χ1n) is 8.50. The molecule has 3 atom stereocenters. The number of fused-ring (bicyclic) bond motifs is 2. The van der Waals surface area contributed by atoms with Crippen molar-refractivity contribution in [3.63, 3.8) is 0 Å². The van der Waals surface area contributed by atoms with Gasteiger partial charge in [-0.25, -0.2) is 0 Å². The van der Waals surface area contributed by atoms with Gasteiger partial charge in [-0.15, -0.1) is 0 Å². The molecule has 0 radical (unpaired) electrons. The Hall–Kier alpha value is -0.640. The predicted molar refractivity (Wildman–Crippen MR) is 83.0 cm³/mol. The van der Waals surface area contributed by atoms with Crippen LogP contribution in [0.25, 0.3) is 0 Å². The Morgan fingerprint density at radius 2 is 2.00 bits per heavy atom. The average Bonchev–Trinajstić information content (AvgIpc) is 3.11. The normalized spacial score (nSPS) is 31.4. The van der Waals surface area contributed by atoms with Crippen LogP contribution in [0.15, 0.2) is 23.3 Å². The SMILES string of the molecule is COCC1=C(CCCCOC2CCCCO2)[C@@H]2C=C[C@H]1C2. The zero-order valence-corrected chi connectivity index (χ0v) is 13.2. The lowest BCUT2D eigenvalue weighted by molar-refractivity contribution is -0.162. The van der Waals surface area contributed by atoms with Crippen molar-refractivity contribution in [1.82, 2.24) is 0 Å². The van der Waals surface area contributed by atoms with Crippen LogP contribution in [0.5, 0.6) is 0 Å². The summed E-state index contributed by atoms with van der Waals surface area (Å²) in [5.74, 6) is 1.36. The van der Waals surface area contributed by atoms with E-state index >= 15 is 0 Å². The maximum Gasteiger partial charge on any atom is 0.157 e. The number of hydrogen-bond donors (Lipinski definition) is 0. The van der Waals surface area contributed by atoms with E-state index in [4.69, 9.17) is 14.2 Å². The minimum Gasteiger partial charge on any atom is -0.380 e. The summed E-state index contributed by atoms with van der Waals surface area (Å²) < 4.78 is 16.8. The molecule has 21 heavy (non-hydrogen) atoms. The molecular weight excluding hydrogens is 264 g/mol. The van der Waals surface area contributed by atoms with Crippen molar-refractivity contribution in [2.75, 3.05) is 26.9 Å². The van der Waals surface area contributed by atoms with E-state index in [0.29, 0.717) is 11.8 Å². The van der Waals surface area contributed by atoms with Crippen molar-refractivity contribution in [2.24, 2.45) is 11.8 Å². The topological polar surface area (TPSA) is 27.7 Å². The Balaban J connectivity index is 1.36. The van der Waals surface area contributed by atoms with E-state index in [9.17, 15) is 0 Å². The summed E-state index contributed by atoms with van der Waals surface area (Å²) in [5, 5.41) is 0. The van der Waals surface area contributed by atoms with Gasteiger partial charge in [0.25, 0.3) is 0 Å². The van der Waals surface area contributed by atoms with Crippen molar-refractivity contribution < 1.29 is 14.2 Å². The lowest BCUT2D eigenvalue weighted by Gasteiger charge is -2.22. The Bertz CT molecular complexity index is 393. The van der Waals surface area contributed by atoms with Gasteiger partial charge in [0.05, 0.1) is 6.61 Å². The number of allylic oxidation sites excluding steroid dienone is 3. The summed E-state index contributed by atoms with van der Waals surface area (Å²) in [6.45, 7) is 2.52. The van der Waals surface area contributed by atoms with E-state index in [2.05, 4.69) is 12.2 Å². The van der Waals surface area contributed by atoms with Crippen molar-refractivity contribution in [2.45, 2.75) is 51.2 Å². The molecule has 3 nitrogen and oxygen atoms in total. The summed E-state index contributed by atoms with van der Waals surface area (Å²) in [6, 6.07) is 0. The minimum atomic E-state index is 0.0624. The lowest BCUT2D eigenvalue weighted by Crippen LogP contribution is -2.22. The van der Waals surface area contributed by atoms with E-state index in [1.165, 1.54) is 32.1 Å². The molecule has 1 aliphatic heterocycles. The first-order chi connectivity index (χ1) is 10.4. The summed E-state index contributed by atoms with van der Waals surface area (Å²) in [6.07, 6.45) is 13.2. The monoisotopic (exact) mass is 292 g/mol. The molecule has 1 saturated heterocycles. The zero-order valence-electron chi connectivity index (χ0n) is 13.2. The Labute approximate surface area is 128 Å². The van der Waals surface area contributed by atoms with Gasteiger partial charge in [0.2, 0.25) is 0 Å². The second kappa shape index (κ2) is 7.57. The van der Waals surface area contributed by atoms with Gasteiger partial charge in [-0.2, -0.15) is 0 Å². The summed E-state index contributed by atoms with van der Waals surface area (Å²) in [7, 11) is 1.80. The van der Waals surface area contributed by atoms with Crippen LogP contribution in [-0.2, 0) is 14.2 Å². The number of hydrogen-bond acceptors (Lipinski definition) is 3. The van der Waals surface area contributed by atoms with Gasteiger partial charge >= 0.3 is 0 Å². The highest BCUT2D eigenvalue weighted by Gasteiger charge is 2.34. The molecule has 0 aromatic carbocycles. The van der Waals surface area contributed by atoms with Crippen molar-refractivity contribution >= 4 is 0 Å². The summed E-state index contributed by atoms with van der Waals surface area (Å²) in [4.78, 5) is 0. The molecule has 0 saturated carbocycles. The van der Waals surface area contributed by atoms with Crippen LogP contribution in [0.4, 0.5) is 0 Å². The van der Waals surface area contributed by atoms with Gasteiger partial charge in [-0.3, -0.25) is 0 Å². The third-order valence-corrected chi connectivity index (χ3v) is 4.97. The molecule has 1 heterocycles. The van der Waals surface area contributed by atoms with Gasteiger partial charge in [-0.1, -0.05) is 17.7 Å². The first-order valence-corrected chi connectivity index (χ1v) is 8.50. The molecule has 0 amide bonds. The standard InChI is InChI=1S/C18H28O3/c1-19-13-17-15-9-8-14(12-15)16(17)6-2-4-10-20-18-7-3-5-11-21-18/h8-9,14-15,18H,2-7,10-13H2,1H3/t14-,15+,18?/m1/s1. The van der Waals surface area contributed by atoms with E-state index in [-0.39, 0.29) is 6.29 Å². The molecule has 1 unspecified atom stereocenters. The van der Waals surface area contributed by atoms with Crippen LogP contribution < -0.4 is 0 Å². The van der Waals surface area contributed by atoms with Gasteiger partial charge in [0, 0.05) is 26.2 Å². The van der Waals surface area contributed by atoms with Crippen molar-refractivity contribution in [3.8, 4) is 0 Å². The van der Waals surface area contributed by atoms with E-state index < -0.39 is 0 Å². The van der Waals surface area contributed by atoms with E-state index in [1.54, 1.807) is 18.3 Å². The average molecular weight is 292 g/mol. The highest BCUT2D eigenvalue weighted by molar-refractivity contribution is 5.37. The molecule has 2 aliphatic carbocycles. The minimum absolute atomic E-state index is 0.0624. The maximum absolute atomic E-state index is 5.81. The molecule has 3 heteroatoms. The predicted octanol–water partition coefficient (Wildman–Crippen LogP) is 3.85. The molecule has 0 aromatic heterocycles. The number of ether oxygens (including phenoxy) is 3. The third-order valence-electron chi connectivity index (χ3n) is 4.97. The fourth-order valence-electron chi connectivity index (χ4n) is 3.87. The quantitative estimate of drug-likeness (QED) is 0.502. The third kappa shape index (κ3) is 3.77. The van der Waals surface area contributed by atoms with Crippen LogP contribution >= 0.6 is 0 Å². The Morgan fingerprint density at radius 1 is 1.14 bits per heavy atom. The molecular formula is C18H28O3. The molecule has 3 rings (SSSR count).